The van der Waals surface area contributed by atoms with Crippen LogP contribution in [-0.2, 0) is 14.8 Å². The van der Waals surface area contributed by atoms with Gasteiger partial charge in [0, 0.05) is 44.1 Å². The van der Waals surface area contributed by atoms with Gasteiger partial charge in [-0.3, -0.25) is 4.79 Å². The predicted octanol–water partition coefficient (Wildman–Crippen LogP) is 2.46. The highest BCUT2D eigenvalue weighted by Gasteiger charge is 2.36. The molecule has 1 atom stereocenters. The third kappa shape index (κ3) is 4.09. The molecule has 0 saturated carbocycles. The number of sulfonamides is 1. The van der Waals surface area contributed by atoms with Crippen LogP contribution >= 0.6 is 0 Å². The number of hydrogen-bond donors (Lipinski definition) is 0. The first-order chi connectivity index (χ1) is 14.0. The molecule has 1 aromatic carbocycles. The lowest BCUT2D eigenvalue weighted by molar-refractivity contribution is -0.138. The summed E-state index contributed by atoms with van der Waals surface area (Å²) in [5.74, 6) is -0.160. The summed E-state index contributed by atoms with van der Waals surface area (Å²) in [7, 11) is -3.55. The Bertz CT molecular complexity index is 949. The summed E-state index contributed by atoms with van der Waals surface area (Å²) >= 11 is 0. The van der Waals surface area contributed by atoms with Crippen molar-refractivity contribution in [2.75, 3.05) is 26.2 Å². The summed E-state index contributed by atoms with van der Waals surface area (Å²) in [6.45, 7) is 4.22. The molecule has 0 aliphatic carbocycles. The number of nitrogens with zero attached hydrogens (tertiary/aromatic N) is 4. The fourth-order valence-corrected chi connectivity index (χ4v) is 6.02. The van der Waals surface area contributed by atoms with Crippen LogP contribution in [0.1, 0.15) is 37.4 Å². The molecular formula is C21H28N4O3S. The van der Waals surface area contributed by atoms with Gasteiger partial charge in [-0.2, -0.15) is 4.31 Å². The van der Waals surface area contributed by atoms with Gasteiger partial charge in [0.15, 0.2) is 0 Å². The molecule has 0 spiro atoms. The highest BCUT2D eigenvalue weighted by molar-refractivity contribution is 7.89. The second kappa shape index (κ2) is 8.28. The van der Waals surface area contributed by atoms with Gasteiger partial charge in [0.2, 0.25) is 15.9 Å². The highest BCUT2D eigenvalue weighted by atomic mass is 32.2. The largest absolute Gasteiger partial charge is 0.342 e. The van der Waals surface area contributed by atoms with E-state index in [-0.39, 0.29) is 18.4 Å². The average Bonchev–Trinajstić information content (AvgIpc) is 3.20. The van der Waals surface area contributed by atoms with Crippen molar-refractivity contribution in [3.8, 4) is 0 Å². The Balaban J connectivity index is 1.39. The van der Waals surface area contributed by atoms with Gasteiger partial charge in [-0.25, -0.2) is 13.4 Å². The van der Waals surface area contributed by atoms with Gasteiger partial charge in [0.1, 0.15) is 0 Å². The summed E-state index contributed by atoms with van der Waals surface area (Å²) in [5.41, 5.74) is 1.14. The van der Waals surface area contributed by atoms with E-state index in [1.165, 1.54) is 4.31 Å². The van der Waals surface area contributed by atoms with Crippen molar-refractivity contribution in [1.82, 2.24) is 18.8 Å². The fraction of sp³-hybridized carbons (Fsp3) is 0.524. The first kappa shape index (κ1) is 20.1. The number of aromatic nitrogens is 2. The van der Waals surface area contributed by atoms with Crippen molar-refractivity contribution >= 4 is 15.9 Å². The number of carbonyl (C=O) groups is 1. The average molecular weight is 417 g/mol. The van der Waals surface area contributed by atoms with Gasteiger partial charge in [-0.1, -0.05) is 18.2 Å². The quantitative estimate of drug-likeness (QED) is 0.767. The van der Waals surface area contributed by atoms with Gasteiger partial charge < -0.3 is 9.47 Å². The number of hydrogen-bond acceptors (Lipinski definition) is 4. The Hall–Kier alpha value is -2.19. The number of benzene rings is 1. The minimum Gasteiger partial charge on any atom is -0.342 e. The van der Waals surface area contributed by atoms with Gasteiger partial charge >= 0.3 is 0 Å². The first-order valence-electron chi connectivity index (χ1n) is 10.3. The number of amides is 1. The molecule has 0 bridgehead atoms. The maximum atomic E-state index is 13.1. The third-order valence-electron chi connectivity index (χ3n) is 6.14. The highest BCUT2D eigenvalue weighted by Crippen LogP contribution is 2.28. The van der Waals surface area contributed by atoms with E-state index in [1.54, 1.807) is 30.3 Å². The smallest absolute Gasteiger partial charge is 0.243 e. The van der Waals surface area contributed by atoms with Crippen LogP contribution in [0.2, 0.25) is 0 Å². The summed E-state index contributed by atoms with van der Waals surface area (Å²) in [6.07, 6.45) is 7.00. The number of imidazole rings is 1. The summed E-state index contributed by atoms with van der Waals surface area (Å²) < 4.78 is 29.5. The van der Waals surface area contributed by atoms with E-state index in [9.17, 15) is 13.2 Å². The molecule has 0 unspecified atom stereocenters. The molecule has 8 heteroatoms. The number of likely N-dealkylation sites (tertiary alicyclic amines) is 1. The number of carbonyl (C=O) groups excluding carboxylic acids is 1. The van der Waals surface area contributed by atoms with Gasteiger partial charge in [-0.05, 0) is 44.7 Å². The van der Waals surface area contributed by atoms with Crippen LogP contribution in [0.4, 0.5) is 0 Å². The Morgan fingerprint density at radius 3 is 2.45 bits per heavy atom. The molecule has 2 aromatic rings. The molecule has 0 radical (unpaired) electrons. The number of piperidine rings is 2. The van der Waals surface area contributed by atoms with Crippen LogP contribution in [0.25, 0.3) is 0 Å². The van der Waals surface area contributed by atoms with E-state index >= 15 is 0 Å². The van der Waals surface area contributed by atoms with Gasteiger partial charge in [0.05, 0.1) is 17.1 Å². The zero-order valence-electron chi connectivity index (χ0n) is 16.8. The summed E-state index contributed by atoms with van der Waals surface area (Å²) in [5, 5.41) is 0. The van der Waals surface area contributed by atoms with Crippen LogP contribution < -0.4 is 0 Å². The van der Waals surface area contributed by atoms with Crippen LogP contribution in [-0.4, -0.2) is 59.3 Å². The molecule has 4 rings (SSSR count). The molecule has 2 fully saturated rings. The van der Waals surface area contributed by atoms with Crippen molar-refractivity contribution in [3.05, 3.63) is 48.5 Å². The molecule has 2 saturated heterocycles. The molecule has 156 valence electrons. The lowest BCUT2D eigenvalue weighted by atomic mass is 9.96. The molecule has 2 aliphatic heterocycles. The monoisotopic (exact) mass is 416 g/mol. The molecule has 2 aliphatic rings. The zero-order chi connectivity index (χ0) is 20.4. The van der Waals surface area contributed by atoms with Gasteiger partial charge in [0.25, 0.3) is 0 Å². The fourth-order valence-electron chi connectivity index (χ4n) is 4.48. The molecule has 7 nitrogen and oxygen atoms in total. The normalized spacial score (nSPS) is 22.0. The Morgan fingerprint density at radius 2 is 1.79 bits per heavy atom. The zero-order valence-corrected chi connectivity index (χ0v) is 17.6. The minimum atomic E-state index is -3.55. The van der Waals surface area contributed by atoms with E-state index in [0.717, 1.165) is 25.0 Å². The molecule has 1 aromatic heterocycles. The van der Waals surface area contributed by atoms with Crippen molar-refractivity contribution in [1.29, 1.82) is 0 Å². The predicted molar refractivity (Wildman–Crippen MR) is 110 cm³/mol. The minimum absolute atomic E-state index is 0.0961. The van der Waals surface area contributed by atoms with E-state index in [1.807, 2.05) is 24.3 Å². The van der Waals surface area contributed by atoms with Crippen LogP contribution in [0, 0.1) is 12.8 Å². The topological polar surface area (TPSA) is 75.5 Å². The Kier molecular flexibility index (Phi) is 5.74. The SMILES string of the molecule is Cc1cncn1C1CCN(C(=O)[C@H]2CCCN(S(=O)(=O)c3ccccc3)C2)CC1. The van der Waals surface area contributed by atoms with Crippen molar-refractivity contribution in [2.45, 2.75) is 43.5 Å². The molecular weight excluding hydrogens is 388 g/mol. The van der Waals surface area contributed by atoms with Crippen LogP contribution in [0.5, 0.6) is 0 Å². The summed E-state index contributed by atoms with van der Waals surface area (Å²) in [4.78, 5) is 19.5. The van der Waals surface area contributed by atoms with Crippen LogP contribution in [0.15, 0.2) is 47.8 Å². The second-order valence-corrected chi connectivity index (χ2v) is 9.95. The second-order valence-electron chi connectivity index (χ2n) is 8.01. The van der Waals surface area contributed by atoms with Crippen molar-refractivity contribution < 1.29 is 13.2 Å². The molecule has 0 N–H and O–H groups in total. The maximum Gasteiger partial charge on any atom is 0.243 e. The standard InChI is InChI=1S/C21H28N4O3S/c1-17-14-22-16-25(17)19-9-12-23(13-10-19)21(26)18-6-5-11-24(15-18)29(27,28)20-7-3-2-4-8-20/h2-4,7-8,14,16,18-19H,5-6,9-13,15H2,1H3/t18-/m0/s1. The Morgan fingerprint density at radius 1 is 1.07 bits per heavy atom. The first-order valence-corrected chi connectivity index (χ1v) is 11.7. The number of rotatable bonds is 4. The number of aryl methyl sites for hydroxylation is 1. The van der Waals surface area contributed by atoms with E-state index < -0.39 is 10.0 Å². The van der Waals surface area contributed by atoms with Crippen molar-refractivity contribution in [2.24, 2.45) is 5.92 Å². The van der Waals surface area contributed by atoms with E-state index in [2.05, 4.69) is 9.55 Å². The third-order valence-corrected chi connectivity index (χ3v) is 8.02. The molecule has 1 amide bonds. The lowest BCUT2D eigenvalue weighted by Crippen LogP contribution is -2.48. The molecule has 3 heterocycles. The van der Waals surface area contributed by atoms with E-state index in [4.69, 9.17) is 0 Å². The van der Waals surface area contributed by atoms with Crippen LogP contribution in [0.3, 0.4) is 0 Å². The van der Waals surface area contributed by atoms with Crippen molar-refractivity contribution in [3.63, 3.8) is 0 Å². The van der Waals surface area contributed by atoms with Gasteiger partial charge in [-0.15, -0.1) is 0 Å². The summed E-state index contributed by atoms with van der Waals surface area (Å²) in [6, 6.07) is 8.86. The Labute approximate surface area is 172 Å². The maximum absolute atomic E-state index is 13.1. The van der Waals surface area contributed by atoms with E-state index in [0.29, 0.717) is 37.0 Å². The molecule has 29 heavy (non-hydrogen) atoms. The lowest BCUT2D eigenvalue weighted by Gasteiger charge is -2.38.